The van der Waals surface area contributed by atoms with Crippen LogP contribution >= 0.6 is 11.6 Å². The Morgan fingerprint density at radius 2 is 1.91 bits per heavy atom. The quantitative estimate of drug-likeness (QED) is 0.531. The highest BCUT2D eigenvalue weighted by atomic mass is 35.5. The molecule has 0 atom stereocenters. The highest BCUT2D eigenvalue weighted by molar-refractivity contribution is 6.32. The first-order valence-electron chi connectivity index (χ1n) is 7.08. The molecule has 3 heterocycles. The SMILES string of the molecule is Cc1nccc2c3cc(Cl)cc(-c4cnn(C)c4)c3n(C)c12. The van der Waals surface area contributed by atoms with E-state index in [0.717, 1.165) is 38.3 Å². The number of hydrogen-bond donors (Lipinski definition) is 0. The summed E-state index contributed by atoms with van der Waals surface area (Å²) >= 11 is 6.38. The molecule has 0 bridgehead atoms. The molecular formula is C17H15ClN4. The first-order valence-corrected chi connectivity index (χ1v) is 7.46. The predicted molar refractivity (Wildman–Crippen MR) is 90.2 cm³/mol. The number of hydrogen-bond acceptors (Lipinski definition) is 2. The molecule has 0 saturated carbocycles. The third-order valence-electron chi connectivity index (χ3n) is 4.16. The van der Waals surface area contributed by atoms with Crippen LogP contribution < -0.4 is 0 Å². The van der Waals surface area contributed by atoms with E-state index in [-0.39, 0.29) is 0 Å². The molecule has 0 amide bonds. The van der Waals surface area contributed by atoms with E-state index in [2.05, 4.69) is 21.7 Å². The summed E-state index contributed by atoms with van der Waals surface area (Å²) in [5, 5.41) is 7.34. The molecular weight excluding hydrogens is 296 g/mol. The molecule has 4 nitrogen and oxygen atoms in total. The van der Waals surface area contributed by atoms with Crippen molar-refractivity contribution in [2.75, 3.05) is 0 Å². The molecule has 4 aromatic rings. The molecule has 0 fully saturated rings. The number of pyridine rings is 1. The van der Waals surface area contributed by atoms with E-state index in [9.17, 15) is 0 Å². The van der Waals surface area contributed by atoms with Gasteiger partial charge in [-0.2, -0.15) is 5.10 Å². The fraction of sp³-hybridized carbons (Fsp3) is 0.176. The van der Waals surface area contributed by atoms with Crippen molar-refractivity contribution in [2.24, 2.45) is 14.1 Å². The summed E-state index contributed by atoms with van der Waals surface area (Å²) in [6.45, 7) is 2.03. The molecule has 110 valence electrons. The van der Waals surface area contributed by atoms with Gasteiger partial charge in [0.05, 0.1) is 22.9 Å². The summed E-state index contributed by atoms with van der Waals surface area (Å²) in [4.78, 5) is 4.42. The second-order valence-electron chi connectivity index (χ2n) is 5.60. The van der Waals surface area contributed by atoms with Gasteiger partial charge in [-0.05, 0) is 25.1 Å². The van der Waals surface area contributed by atoms with Crippen LogP contribution in [0.2, 0.25) is 5.02 Å². The van der Waals surface area contributed by atoms with Crippen molar-refractivity contribution in [1.29, 1.82) is 0 Å². The number of aromatic nitrogens is 4. The lowest BCUT2D eigenvalue weighted by Crippen LogP contribution is -1.92. The Bertz CT molecular complexity index is 1030. The van der Waals surface area contributed by atoms with E-state index >= 15 is 0 Å². The molecule has 0 unspecified atom stereocenters. The third kappa shape index (κ3) is 1.77. The molecule has 1 aromatic carbocycles. The van der Waals surface area contributed by atoms with Gasteiger partial charge in [0.2, 0.25) is 0 Å². The van der Waals surface area contributed by atoms with Gasteiger partial charge in [0, 0.05) is 53.4 Å². The lowest BCUT2D eigenvalue weighted by molar-refractivity contribution is 0.768. The molecule has 5 heteroatoms. The van der Waals surface area contributed by atoms with Crippen molar-refractivity contribution >= 4 is 33.4 Å². The number of fused-ring (bicyclic) bond motifs is 3. The monoisotopic (exact) mass is 310 g/mol. The Hall–Kier alpha value is -2.33. The van der Waals surface area contributed by atoms with Gasteiger partial charge in [0.15, 0.2) is 0 Å². The normalized spacial score (nSPS) is 11.6. The van der Waals surface area contributed by atoms with Crippen molar-refractivity contribution < 1.29 is 0 Å². The molecule has 22 heavy (non-hydrogen) atoms. The smallest absolute Gasteiger partial charge is 0.0705 e. The predicted octanol–water partition coefficient (Wildman–Crippen LogP) is 4.09. The largest absolute Gasteiger partial charge is 0.342 e. The van der Waals surface area contributed by atoms with Crippen molar-refractivity contribution in [1.82, 2.24) is 19.3 Å². The summed E-state index contributed by atoms with van der Waals surface area (Å²) in [5.74, 6) is 0. The van der Waals surface area contributed by atoms with Gasteiger partial charge in [-0.3, -0.25) is 9.67 Å². The zero-order chi connectivity index (χ0) is 15.4. The maximum Gasteiger partial charge on any atom is 0.0705 e. The molecule has 3 aromatic heterocycles. The molecule has 0 aliphatic heterocycles. The van der Waals surface area contributed by atoms with Crippen LogP contribution in [-0.4, -0.2) is 19.3 Å². The fourth-order valence-electron chi connectivity index (χ4n) is 3.26. The van der Waals surface area contributed by atoms with Crippen molar-refractivity contribution in [3.8, 4) is 11.1 Å². The zero-order valence-electron chi connectivity index (χ0n) is 12.6. The maximum absolute atomic E-state index is 6.38. The Morgan fingerprint density at radius 1 is 1.09 bits per heavy atom. The minimum absolute atomic E-state index is 0.730. The van der Waals surface area contributed by atoms with E-state index in [1.54, 1.807) is 4.68 Å². The van der Waals surface area contributed by atoms with Crippen LogP contribution in [0.3, 0.4) is 0 Å². The highest BCUT2D eigenvalue weighted by Crippen LogP contribution is 2.37. The summed E-state index contributed by atoms with van der Waals surface area (Å²) in [5.41, 5.74) is 5.47. The van der Waals surface area contributed by atoms with Crippen LogP contribution in [0, 0.1) is 6.92 Å². The molecule has 0 aliphatic carbocycles. The average molecular weight is 311 g/mol. The van der Waals surface area contributed by atoms with Crippen molar-refractivity contribution in [2.45, 2.75) is 6.92 Å². The minimum Gasteiger partial charge on any atom is -0.342 e. The summed E-state index contributed by atoms with van der Waals surface area (Å²) < 4.78 is 4.00. The number of aryl methyl sites for hydroxylation is 3. The molecule has 0 spiro atoms. The van der Waals surface area contributed by atoms with Gasteiger partial charge in [-0.25, -0.2) is 0 Å². The molecule has 4 rings (SSSR count). The Morgan fingerprint density at radius 3 is 2.64 bits per heavy atom. The van der Waals surface area contributed by atoms with Crippen molar-refractivity contribution in [3.63, 3.8) is 0 Å². The minimum atomic E-state index is 0.730. The van der Waals surface area contributed by atoms with Gasteiger partial charge in [0.1, 0.15) is 0 Å². The van der Waals surface area contributed by atoms with Crippen LogP contribution in [0.4, 0.5) is 0 Å². The Kier molecular flexibility index (Phi) is 2.78. The lowest BCUT2D eigenvalue weighted by atomic mass is 10.0. The first-order chi connectivity index (χ1) is 10.6. The van der Waals surface area contributed by atoms with Gasteiger partial charge >= 0.3 is 0 Å². The number of halogens is 1. The Labute approximate surface area is 132 Å². The zero-order valence-corrected chi connectivity index (χ0v) is 13.4. The second-order valence-corrected chi connectivity index (χ2v) is 6.04. The van der Waals surface area contributed by atoms with E-state index in [4.69, 9.17) is 11.6 Å². The third-order valence-corrected chi connectivity index (χ3v) is 4.38. The van der Waals surface area contributed by atoms with Gasteiger partial charge in [0.25, 0.3) is 0 Å². The van der Waals surface area contributed by atoms with Crippen LogP contribution in [0.15, 0.2) is 36.8 Å². The van der Waals surface area contributed by atoms with Gasteiger partial charge in [-0.15, -0.1) is 0 Å². The van der Waals surface area contributed by atoms with E-state index in [1.807, 2.05) is 50.8 Å². The van der Waals surface area contributed by atoms with E-state index < -0.39 is 0 Å². The van der Waals surface area contributed by atoms with Crippen LogP contribution in [-0.2, 0) is 14.1 Å². The van der Waals surface area contributed by atoms with Gasteiger partial charge < -0.3 is 4.57 Å². The number of rotatable bonds is 1. The van der Waals surface area contributed by atoms with Crippen LogP contribution in [0.1, 0.15) is 5.69 Å². The van der Waals surface area contributed by atoms with Crippen molar-refractivity contribution in [3.05, 3.63) is 47.5 Å². The lowest BCUT2D eigenvalue weighted by Gasteiger charge is -2.06. The molecule has 0 saturated heterocycles. The summed E-state index contributed by atoms with van der Waals surface area (Å²) in [7, 11) is 3.99. The number of benzene rings is 1. The second kappa shape index (κ2) is 4.58. The first kappa shape index (κ1) is 13.3. The van der Waals surface area contributed by atoms with Gasteiger partial charge in [-0.1, -0.05) is 11.6 Å². The number of nitrogens with zero attached hydrogens (tertiary/aromatic N) is 4. The Balaban J connectivity index is 2.23. The highest BCUT2D eigenvalue weighted by Gasteiger charge is 2.16. The molecule has 0 radical (unpaired) electrons. The molecule has 0 aliphatic rings. The summed E-state index contributed by atoms with van der Waals surface area (Å²) in [6.07, 6.45) is 5.73. The van der Waals surface area contributed by atoms with Crippen LogP contribution in [0.25, 0.3) is 32.9 Å². The topological polar surface area (TPSA) is 35.6 Å². The molecule has 0 N–H and O–H groups in total. The van der Waals surface area contributed by atoms with E-state index in [1.165, 1.54) is 5.39 Å². The fourth-order valence-corrected chi connectivity index (χ4v) is 3.48. The average Bonchev–Trinajstić information content (AvgIpc) is 3.02. The van der Waals surface area contributed by atoms with Crippen LogP contribution in [0.5, 0.6) is 0 Å². The van der Waals surface area contributed by atoms with E-state index in [0.29, 0.717) is 0 Å². The standard InChI is InChI=1S/C17H15ClN4/c1-10-16-13(4-5-19-10)15-7-12(18)6-14(17(15)22(16)3)11-8-20-21(2)9-11/h4-9H,1-3H3. The summed E-state index contributed by atoms with van der Waals surface area (Å²) in [6, 6.07) is 6.08. The maximum atomic E-state index is 6.38.